The van der Waals surface area contributed by atoms with E-state index in [0.717, 1.165) is 19.5 Å². The molecule has 78 valence electrons. The van der Waals surface area contributed by atoms with Crippen LogP contribution >= 0.6 is 0 Å². The van der Waals surface area contributed by atoms with Crippen LogP contribution in [0.4, 0.5) is 0 Å². The Morgan fingerprint density at radius 2 is 2.15 bits per heavy atom. The van der Waals surface area contributed by atoms with Crippen molar-refractivity contribution < 1.29 is 5.11 Å². The van der Waals surface area contributed by atoms with Gasteiger partial charge in [-0.15, -0.1) is 0 Å². The van der Waals surface area contributed by atoms with Gasteiger partial charge in [0.05, 0.1) is 6.10 Å². The summed E-state index contributed by atoms with van der Waals surface area (Å²) in [5.41, 5.74) is 0. The summed E-state index contributed by atoms with van der Waals surface area (Å²) in [6, 6.07) is 0.641. The molecule has 0 aromatic carbocycles. The zero-order valence-electron chi connectivity index (χ0n) is 9.16. The molecule has 1 N–H and O–H groups in total. The van der Waals surface area contributed by atoms with Gasteiger partial charge in [0.1, 0.15) is 0 Å². The molecule has 3 atom stereocenters. The smallest absolute Gasteiger partial charge is 0.0670 e. The summed E-state index contributed by atoms with van der Waals surface area (Å²) in [7, 11) is 0. The van der Waals surface area contributed by atoms with Crippen LogP contribution in [0.5, 0.6) is 0 Å². The topological polar surface area (TPSA) is 23.5 Å². The van der Waals surface area contributed by atoms with Gasteiger partial charge in [-0.2, -0.15) is 0 Å². The van der Waals surface area contributed by atoms with Gasteiger partial charge >= 0.3 is 0 Å². The first-order valence-corrected chi connectivity index (χ1v) is 5.55. The maximum Gasteiger partial charge on any atom is 0.0670 e. The number of likely N-dealkylation sites (tertiary alicyclic amines) is 1. The van der Waals surface area contributed by atoms with Gasteiger partial charge in [0.25, 0.3) is 0 Å². The second-order valence-electron chi connectivity index (χ2n) is 4.59. The molecule has 0 aliphatic carbocycles. The molecular weight excluding hydrogens is 162 g/mol. The minimum Gasteiger partial charge on any atom is -0.392 e. The van der Waals surface area contributed by atoms with Crippen LogP contribution in [-0.2, 0) is 0 Å². The fourth-order valence-corrected chi connectivity index (χ4v) is 2.32. The number of hydrogen-bond donors (Lipinski definition) is 1. The average molecular weight is 185 g/mol. The molecule has 0 spiro atoms. The van der Waals surface area contributed by atoms with Crippen molar-refractivity contribution in [2.45, 2.75) is 52.2 Å². The van der Waals surface area contributed by atoms with E-state index < -0.39 is 0 Å². The van der Waals surface area contributed by atoms with E-state index in [-0.39, 0.29) is 6.10 Å². The number of aliphatic hydroxyl groups excluding tert-OH is 1. The Bertz CT molecular complexity index is 139. The SMILES string of the molecule is CCCC(C)N1CC(C)CC(O)C1. The van der Waals surface area contributed by atoms with Crippen LogP contribution in [0.15, 0.2) is 0 Å². The number of aliphatic hydroxyl groups is 1. The maximum atomic E-state index is 9.63. The zero-order chi connectivity index (χ0) is 9.84. The molecule has 2 heteroatoms. The summed E-state index contributed by atoms with van der Waals surface area (Å²) in [6.45, 7) is 8.77. The van der Waals surface area contributed by atoms with E-state index in [1.807, 2.05) is 0 Å². The summed E-state index contributed by atoms with van der Waals surface area (Å²) in [4.78, 5) is 2.43. The third-order valence-corrected chi connectivity index (χ3v) is 3.00. The molecule has 3 unspecified atom stereocenters. The first-order valence-electron chi connectivity index (χ1n) is 5.55. The van der Waals surface area contributed by atoms with Crippen molar-refractivity contribution in [2.24, 2.45) is 5.92 Å². The molecule has 1 heterocycles. The highest BCUT2D eigenvalue weighted by Gasteiger charge is 2.25. The summed E-state index contributed by atoms with van der Waals surface area (Å²) < 4.78 is 0. The van der Waals surface area contributed by atoms with Crippen LogP contribution < -0.4 is 0 Å². The van der Waals surface area contributed by atoms with Gasteiger partial charge in [0, 0.05) is 19.1 Å². The van der Waals surface area contributed by atoms with Gasteiger partial charge in [0.2, 0.25) is 0 Å². The molecule has 0 aromatic rings. The Kier molecular flexibility index (Phi) is 4.20. The lowest BCUT2D eigenvalue weighted by Gasteiger charge is -2.38. The summed E-state index contributed by atoms with van der Waals surface area (Å²) >= 11 is 0. The van der Waals surface area contributed by atoms with E-state index in [9.17, 15) is 5.11 Å². The number of hydrogen-bond acceptors (Lipinski definition) is 2. The van der Waals surface area contributed by atoms with Crippen molar-refractivity contribution in [1.29, 1.82) is 0 Å². The van der Waals surface area contributed by atoms with Crippen LogP contribution in [0.3, 0.4) is 0 Å². The van der Waals surface area contributed by atoms with Crippen LogP contribution in [0.1, 0.15) is 40.0 Å². The molecule has 1 fully saturated rings. The Hall–Kier alpha value is -0.0800. The lowest BCUT2D eigenvalue weighted by atomic mass is 9.96. The van der Waals surface area contributed by atoms with Crippen molar-refractivity contribution in [1.82, 2.24) is 4.90 Å². The van der Waals surface area contributed by atoms with Crippen LogP contribution in [0, 0.1) is 5.92 Å². The van der Waals surface area contributed by atoms with Crippen molar-refractivity contribution >= 4 is 0 Å². The molecule has 1 aliphatic heterocycles. The highest BCUT2D eigenvalue weighted by molar-refractivity contribution is 4.79. The highest BCUT2D eigenvalue weighted by atomic mass is 16.3. The highest BCUT2D eigenvalue weighted by Crippen LogP contribution is 2.19. The second kappa shape index (κ2) is 4.97. The van der Waals surface area contributed by atoms with Crippen molar-refractivity contribution in [2.75, 3.05) is 13.1 Å². The van der Waals surface area contributed by atoms with E-state index in [2.05, 4.69) is 25.7 Å². The van der Waals surface area contributed by atoms with Crippen LogP contribution in [0.2, 0.25) is 0 Å². The van der Waals surface area contributed by atoms with Gasteiger partial charge in [-0.25, -0.2) is 0 Å². The third-order valence-electron chi connectivity index (χ3n) is 3.00. The Labute approximate surface area is 81.9 Å². The molecule has 1 saturated heterocycles. The first-order chi connectivity index (χ1) is 6.13. The molecule has 2 nitrogen and oxygen atoms in total. The van der Waals surface area contributed by atoms with Crippen LogP contribution in [0.25, 0.3) is 0 Å². The maximum absolute atomic E-state index is 9.63. The number of nitrogens with zero attached hydrogens (tertiary/aromatic N) is 1. The van der Waals surface area contributed by atoms with Crippen molar-refractivity contribution in [3.05, 3.63) is 0 Å². The predicted molar refractivity (Wildman–Crippen MR) is 55.7 cm³/mol. The van der Waals surface area contributed by atoms with Gasteiger partial charge in [-0.3, -0.25) is 4.90 Å². The number of rotatable bonds is 3. The zero-order valence-corrected chi connectivity index (χ0v) is 9.16. The van der Waals surface area contributed by atoms with Gasteiger partial charge in [-0.05, 0) is 25.7 Å². The fraction of sp³-hybridized carbons (Fsp3) is 1.00. The normalized spacial score (nSPS) is 33.2. The lowest BCUT2D eigenvalue weighted by Crippen LogP contribution is -2.46. The molecule has 1 rings (SSSR count). The largest absolute Gasteiger partial charge is 0.392 e. The molecule has 0 saturated carbocycles. The number of β-amino-alcohol motifs (C(OH)–C–C–N with tert-alkyl or cyclic N) is 1. The Morgan fingerprint density at radius 3 is 2.69 bits per heavy atom. The Balaban J connectivity index is 2.40. The second-order valence-corrected chi connectivity index (χ2v) is 4.59. The van der Waals surface area contributed by atoms with E-state index in [1.165, 1.54) is 12.8 Å². The predicted octanol–water partition coefficient (Wildman–Crippen LogP) is 1.88. The van der Waals surface area contributed by atoms with Gasteiger partial charge in [-0.1, -0.05) is 20.3 Å². The first kappa shape index (κ1) is 11.0. The Morgan fingerprint density at radius 1 is 1.46 bits per heavy atom. The summed E-state index contributed by atoms with van der Waals surface area (Å²) in [6.07, 6.45) is 3.37. The van der Waals surface area contributed by atoms with E-state index in [0.29, 0.717) is 12.0 Å². The summed E-state index contributed by atoms with van der Waals surface area (Å²) in [5, 5.41) is 9.63. The van der Waals surface area contributed by atoms with Crippen molar-refractivity contribution in [3.63, 3.8) is 0 Å². The fourth-order valence-electron chi connectivity index (χ4n) is 2.32. The van der Waals surface area contributed by atoms with Crippen molar-refractivity contribution in [3.8, 4) is 0 Å². The standard InChI is InChI=1S/C11H23NO/c1-4-5-10(3)12-7-9(2)6-11(13)8-12/h9-11,13H,4-8H2,1-3H3. The minimum atomic E-state index is -0.0944. The monoisotopic (exact) mass is 185 g/mol. The molecule has 0 bridgehead atoms. The van der Waals surface area contributed by atoms with E-state index in [4.69, 9.17) is 0 Å². The molecule has 0 aromatic heterocycles. The average Bonchev–Trinajstić information content (AvgIpc) is 2.03. The molecular formula is C11H23NO. The molecule has 1 aliphatic rings. The summed E-state index contributed by atoms with van der Waals surface area (Å²) in [5.74, 6) is 0.656. The molecule has 0 radical (unpaired) electrons. The lowest BCUT2D eigenvalue weighted by molar-refractivity contribution is 0.0238. The van der Waals surface area contributed by atoms with E-state index >= 15 is 0 Å². The number of piperidine rings is 1. The van der Waals surface area contributed by atoms with E-state index in [1.54, 1.807) is 0 Å². The van der Waals surface area contributed by atoms with Gasteiger partial charge < -0.3 is 5.11 Å². The minimum absolute atomic E-state index is 0.0944. The van der Waals surface area contributed by atoms with Crippen LogP contribution in [-0.4, -0.2) is 35.2 Å². The molecule has 13 heavy (non-hydrogen) atoms. The third kappa shape index (κ3) is 3.28. The molecule has 0 amide bonds. The van der Waals surface area contributed by atoms with Gasteiger partial charge in [0.15, 0.2) is 0 Å². The quantitative estimate of drug-likeness (QED) is 0.725.